The third-order valence-corrected chi connectivity index (χ3v) is 5.07. The zero-order chi connectivity index (χ0) is 15.9. The molecular weight excluding hydrogens is 442 g/mol. The summed E-state index contributed by atoms with van der Waals surface area (Å²) >= 11 is 8.40. The van der Waals surface area contributed by atoms with Crippen molar-refractivity contribution in [2.45, 2.75) is 6.18 Å². The largest absolute Gasteiger partial charge is 0.478 e. The topological polar surface area (TPSA) is 63.3 Å². The lowest BCUT2D eigenvalue weighted by Crippen LogP contribution is -2.13. The zero-order valence-electron chi connectivity index (χ0n) is 9.96. The van der Waals surface area contributed by atoms with E-state index in [1.54, 1.807) is 22.6 Å². The van der Waals surface area contributed by atoms with E-state index in [-0.39, 0.29) is 19.7 Å². The van der Waals surface area contributed by atoms with Crippen LogP contribution in [-0.2, 0) is 6.18 Å². The highest BCUT2D eigenvalue weighted by Crippen LogP contribution is 2.45. The number of nitrogens with two attached hydrogens (primary N) is 1. The van der Waals surface area contributed by atoms with Crippen LogP contribution in [0.15, 0.2) is 17.5 Å². The van der Waals surface area contributed by atoms with Crippen LogP contribution < -0.4 is 5.73 Å². The molecule has 0 aliphatic heterocycles. The van der Waals surface area contributed by atoms with Crippen molar-refractivity contribution in [1.29, 1.82) is 0 Å². The number of halogens is 5. The average Bonchev–Trinajstić information content (AvgIpc) is 2.76. The van der Waals surface area contributed by atoms with E-state index in [2.05, 4.69) is 0 Å². The van der Waals surface area contributed by atoms with Gasteiger partial charge in [-0.15, -0.1) is 11.3 Å². The molecule has 9 heteroatoms. The Balaban J connectivity index is 2.86. The zero-order valence-corrected chi connectivity index (χ0v) is 13.7. The lowest BCUT2D eigenvalue weighted by molar-refractivity contribution is -0.137. The number of aromatic carboxylic acids is 1. The van der Waals surface area contributed by atoms with Crippen LogP contribution in [0.1, 0.15) is 15.9 Å². The fourth-order valence-corrected chi connectivity index (χ4v) is 3.95. The van der Waals surface area contributed by atoms with Crippen LogP contribution in [0.5, 0.6) is 0 Å². The number of nitrogen functional groups attached to an aromatic ring is 1. The van der Waals surface area contributed by atoms with E-state index in [9.17, 15) is 18.0 Å². The number of hydrogen-bond acceptors (Lipinski definition) is 3. The fourth-order valence-electron chi connectivity index (χ4n) is 1.75. The number of benzene rings is 1. The minimum atomic E-state index is -4.70. The quantitative estimate of drug-likeness (QED) is 0.505. The Labute approximate surface area is 139 Å². The molecule has 0 aliphatic carbocycles. The van der Waals surface area contributed by atoms with Gasteiger partial charge in [0, 0.05) is 19.4 Å². The molecule has 0 unspecified atom stereocenters. The first kappa shape index (κ1) is 16.4. The molecule has 0 saturated heterocycles. The number of carboxylic acids is 1. The summed E-state index contributed by atoms with van der Waals surface area (Å²) in [7, 11) is 0. The van der Waals surface area contributed by atoms with Crippen LogP contribution in [0, 0.1) is 3.57 Å². The van der Waals surface area contributed by atoms with Gasteiger partial charge in [-0.3, -0.25) is 0 Å². The molecule has 2 rings (SSSR count). The van der Waals surface area contributed by atoms with Crippen molar-refractivity contribution < 1.29 is 23.1 Å². The van der Waals surface area contributed by atoms with Gasteiger partial charge in [-0.25, -0.2) is 4.79 Å². The Hall–Kier alpha value is -1.00. The van der Waals surface area contributed by atoms with Crippen LogP contribution in [-0.4, -0.2) is 11.1 Å². The highest BCUT2D eigenvalue weighted by Gasteiger charge is 2.37. The van der Waals surface area contributed by atoms with Gasteiger partial charge in [-0.2, -0.15) is 13.2 Å². The first-order valence-corrected chi connectivity index (χ1v) is 7.63. The predicted octanol–water partition coefficient (Wildman–Crippen LogP) is 4.97. The number of carboxylic acid groups (broad SMARTS) is 1. The summed E-state index contributed by atoms with van der Waals surface area (Å²) in [5, 5.41) is 10.8. The molecule has 0 aliphatic rings. The molecule has 0 saturated carbocycles. The van der Waals surface area contributed by atoms with Crippen molar-refractivity contribution in [2.24, 2.45) is 0 Å². The molecule has 3 nitrogen and oxygen atoms in total. The van der Waals surface area contributed by atoms with Crippen LogP contribution >= 0.6 is 45.5 Å². The highest BCUT2D eigenvalue weighted by atomic mass is 127. The second kappa shape index (κ2) is 5.65. The summed E-state index contributed by atoms with van der Waals surface area (Å²) in [6.45, 7) is 0. The predicted molar refractivity (Wildman–Crippen MR) is 83.9 cm³/mol. The number of anilines is 1. The van der Waals surface area contributed by atoms with Crippen molar-refractivity contribution in [2.75, 3.05) is 5.73 Å². The first-order chi connectivity index (χ1) is 9.62. The molecular formula is C12H6ClF3INO2S. The molecule has 112 valence electrons. The molecule has 3 N–H and O–H groups in total. The van der Waals surface area contributed by atoms with Crippen molar-refractivity contribution in [3.05, 3.63) is 37.2 Å². The Kier molecular flexibility index (Phi) is 4.41. The summed E-state index contributed by atoms with van der Waals surface area (Å²) < 4.78 is 39.7. The van der Waals surface area contributed by atoms with Gasteiger partial charge in [0.15, 0.2) is 0 Å². The van der Waals surface area contributed by atoms with E-state index in [1.807, 2.05) is 0 Å². The highest BCUT2D eigenvalue weighted by molar-refractivity contribution is 14.1. The Morgan fingerprint density at radius 2 is 2.00 bits per heavy atom. The Morgan fingerprint density at radius 3 is 2.43 bits per heavy atom. The van der Waals surface area contributed by atoms with Crippen LogP contribution in [0.2, 0.25) is 5.02 Å². The summed E-state index contributed by atoms with van der Waals surface area (Å²) in [5.74, 6) is -1.51. The van der Waals surface area contributed by atoms with Crippen molar-refractivity contribution in [3.63, 3.8) is 0 Å². The van der Waals surface area contributed by atoms with Gasteiger partial charge < -0.3 is 10.8 Å². The second-order valence-electron chi connectivity index (χ2n) is 4.01. The van der Waals surface area contributed by atoms with E-state index in [1.165, 1.54) is 11.4 Å². The molecule has 0 bridgehead atoms. The molecule has 0 spiro atoms. The Morgan fingerprint density at radius 1 is 1.38 bits per heavy atom. The second-order valence-corrected chi connectivity index (χ2v) is 6.43. The molecule has 0 amide bonds. The average molecular weight is 448 g/mol. The SMILES string of the molecule is Nc1c(C(=O)O)cc(C(F)(F)F)c(-c2cc(Cl)cs2)c1I. The number of alkyl halides is 3. The minimum absolute atomic E-state index is 0.0401. The minimum Gasteiger partial charge on any atom is -0.478 e. The fraction of sp³-hybridized carbons (Fsp3) is 0.0833. The lowest BCUT2D eigenvalue weighted by atomic mass is 10.00. The van der Waals surface area contributed by atoms with E-state index in [0.29, 0.717) is 11.1 Å². The van der Waals surface area contributed by atoms with Crippen molar-refractivity contribution in [3.8, 4) is 10.4 Å². The molecule has 0 fully saturated rings. The van der Waals surface area contributed by atoms with Crippen molar-refractivity contribution >= 4 is 57.2 Å². The van der Waals surface area contributed by atoms with Crippen LogP contribution in [0.4, 0.5) is 18.9 Å². The summed E-state index contributed by atoms with van der Waals surface area (Å²) in [4.78, 5) is 11.3. The molecule has 21 heavy (non-hydrogen) atoms. The van der Waals surface area contributed by atoms with E-state index in [0.717, 1.165) is 11.3 Å². The van der Waals surface area contributed by atoms with E-state index < -0.39 is 23.3 Å². The van der Waals surface area contributed by atoms with Crippen LogP contribution in [0.25, 0.3) is 10.4 Å². The van der Waals surface area contributed by atoms with Crippen molar-refractivity contribution in [1.82, 2.24) is 0 Å². The number of thiophene rings is 1. The third-order valence-electron chi connectivity index (χ3n) is 2.65. The van der Waals surface area contributed by atoms with Gasteiger partial charge in [0.05, 0.1) is 21.8 Å². The van der Waals surface area contributed by atoms with Gasteiger partial charge in [0.25, 0.3) is 0 Å². The lowest BCUT2D eigenvalue weighted by Gasteiger charge is -2.17. The standard InChI is InChI=1S/C12H6ClF3INO2S/c13-4-1-7(21-3-4)8-6(12(14,15)16)2-5(11(19)20)10(18)9(8)17/h1-3H,18H2,(H,19,20). The molecule has 2 aromatic rings. The number of rotatable bonds is 2. The maximum absolute atomic E-state index is 13.2. The monoisotopic (exact) mass is 447 g/mol. The van der Waals surface area contributed by atoms with Gasteiger partial charge >= 0.3 is 12.1 Å². The van der Waals surface area contributed by atoms with Gasteiger partial charge in [0.2, 0.25) is 0 Å². The molecule has 1 aromatic heterocycles. The summed E-state index contributed by atoms with van der Waals surface area (Å²) in [6, 6.07) is 1.95. The van der Waals surface area contributed by atoms with Gasteiger partial charge in [0.1, 0.15) is 0 Å². The smallest absolute Gasteiger partial charge is 0.417 e. The van der Waals surface area contributed by atoms with Gasteiger partial charge in [-0.05, 0) is 34.7 Å². The maximum atomic E-state index is 13.2. The number of hydrogen-bond donors (Lipinski definition) is 2. The normalized spacial score (nSPS) is 11.7. The molecule has 0 radical (unpaired) electrons. The summed E-state index contributed by atoms with van der Waals surface area (Å²) in [5.41, 5.74) is 3.69. The van der Waals surface area contributed by atoms with E-state index >= 15 is 0 Å². The number of carbonyl (C=O) groups is 1. The van der Waals surface area contributed by atoms with Gasteiger partial charge in [-0.1, -0.05) is 11.6 Å². The molecule has 0 atom stereocenters. The maximum Gasteiger partial charge on any atom is 0.417 e. The third kappa shape index (κ3) is 3.11. The first-order valence-electron chi connectivity index (χ1n) is 5.29. The molecule has 1 heterocycles. The summed E-state index contributed by atoms with van der Waals surface area (Å²) in [6.07, 6.45) is -4.70. The Bertz CT molecular complexity index is 730. The van der Waals surface area contributed by atoms with E-state index in [4.69, 9.17) is 22.4 Å². The molecule has 1 aromatic carbocycles. The van der Waals surface area contributed by atoms with Crippen LogP contribution in [0.3, 0.4) is 0 Å².